The molecule has 3 aromatic rings. The Balaban J connectivity index is 1.68. The molecule has 0 saturated heterocycles. The number of benzene rings is 3. The van der Waals surface area contributed by atoms with E-state index in [1.165, 1.54) is 0 Å². The predicted molar refractivity (Wildman–Crippen MR) is 157 cm³/mol. The van der Waals surface area contributed by atoms with E-state index in [1.54, 1.807) is 0 Å². The molecule has 0 spiro atoms. The molecule has 212 valence electrons. The van der Waals surface area contributed by atoms with Gasteiger partial charge in [-0.25, -0.2) is 0 Å². The van der Waals surface area contributed by atoms with E-state index >= 15 is 0 Å². The second-order valence-electron chi connectivity index (χ2n) is 9.65. The van der Waals surface area contributed by atoms with E-state index in [4.69, 9.17) is 30.5 Å². The van der Waals surface area contributed by atoms with E-state index in [0.717, 1.165) is 72.9 Å². The van der Waals surface area contributed by atoms with Gasteiger partial charge in [0.25, 0.3) is 0 Å². The number of unbranched alkanes of at least 4 members (excludes halogenated alkanes) is 6. The number of hydrogen-bond acceptors (Lipinski definition) is 6. The largest absolute Gasteiger partial charge is 0.489 e. The van der Waals surface area contributed by atoms with Gasteiger partial charge in [-0.3, -0.25) is 9.59 Å². The molecule has 0 unspecified atom stereocenters. The summed E-state index contributed by atoms with van der Waals surface area (Å²) in [6, 6.07) is 13.4. The van der Waals surface area contributed by atoms with Crippen molar-refractivity contribution in [3.05, 3.63) is 47.5 Å². The minimum absolute atomic E-state index is 0.172. The molecule has 0 radical (unpaired) electrons. The summed E-state index contributed by atoms with van der Waals surface area (Å²) in [5.74, 6) is 0.953. The van der Waals surface area contributed by atoms with Gasteiger partial charge in [0.15, 0.2) is 0 Å². The summed E-state index contributed by atoms with van der Waals surface area (Å²) in [6.45, 7) is 5.09. The van der Waals surface area contributed by atoms with Crippen LogP contribution in [0.25, 0.3) is 21.5 Å². The molecule has 0 saturated carbocycles. The summed E-state index contributed by atoms with van der Waals surface area (Å²) in [7, 11) is 0. The van der Waals surface area contributed by atoms with Gasteiger partial charge < -0.3 is 18.9 Å². The van der Waals surface area contributed by atoms with E-state index in [1.807, 2.05) is 42.5 Å². The molecule has 7 heteroatoms. The second-order valence-corrected chi connectivity index (χ2v) is 10.1. The maximum atomic E-state index is 12.0. The number of carbonyl (C=O) groups excluding carboxylic acids is 2. The predicted octanol–water partition coefficient (Wildman–Crippen LogP) is 8.43. The topological polar surface area (TPSA) is 71.1 Å². The Morgan fingerprint density at radius 2 is 1.10 bits per heavy atom. The SMILES string of the molecule is CCCCCCC(=O)OCCOc1c2ccccc2c(OCCOC(=O)CCCCCC)c2cc(Cl)ccc12. The number of ether oxygens (including phenoxy) is 4. The zero-order valence-corrected chi connectivity index (χ0v) is 24.0. The van der Waals surface area contributed by atoms with Crippen LogP contribution in [0.2, 0.25) is 5.02 Å². The first-order valence-corrected chi connectivity index (χ1v) is 14.6. The van der Waals surface area contributed by atoms with Crippen molar-refractivity contribution < 1.29 is 28.5 Å². The number of esters is 2. The monoisotopic (exact) mass is 556 g/mol. The molecule has 0 heterocycles. The standard InChI is InChI=1S/C32H41ClO6/c1-3-5-7-9-15-29(34)36-19-21-38-31-25-13-11-12-14-26(25)32(28-23-24(33)17-18-27(28)31)39-22-20-37-30(35)16-10-8-6-4-2/h11-14,17-18,23H,3-10,15-16,19-22H2,1-2H3. The maximum absolute atomic E-state index is 12.0. The lowest BCUT2D eigenvalue weighted by molar-refractivity contribution is -0.145. The molecule has 0 bridgehead atoms. The van der Waals surface area contributed by atoms with Crippen LogP contribution in [0.1, 0.15) is 78.1 Å². The Morgan fingerprint density at radius 3 is 1.62 bits per heavy atom. The van der Waals surface area contributed by atoms with E-state index in [9.17, 15) is 9.59 Å². The Bertz CT molecular complexity index is 1210. The number of fused-ring (bicyclic) bond motifs is 2. The number of halogens is 1. The van der Waals surface area contributed by atoms with Crippen molar-refractivity contribution in [1.82, 2.24) is 0 Å². The van der Waals surface area contributed by atoms with E-state index < -0.39 is 0 Å². The first-order valence-electron chi connectivity index (χ1n) is 14.3. The molecule has 0 amide bonds. The second kappa shape index (κ2) is 16.9. The average molecular weight is 557 g/mol. The summed E-state index contributed by atoms with van der Waals surface area (Å²) in [5, 5.41) is 3.95. The lowest BCUT2D eigenvalue weighted by atomic mass is 10.0. The lowest BCUT2D eigenvalue weighted by Gasteiger charge is -2.18. The summed E-state index contributed by atoms with van der Waals surface area (Å²) in [6.07, 6.45) is 9.16. The molecule has 0 aliphatic heterocycles. The Labute approximate surface area is 236 Å². The van der Waals surface area contributed by atoms with E-state index in [2.05, 4.69) is 13.8 Å². The van der Waals surface area contributed by atoms with Crippen molar-refractivity contribution in [3.8, 4) is 11.5 Å². The Morgan fingerprint density at radius 1 is 0.615 bits per heavy atom. The van der Waals surface area contributed by atoms with Gasteiger partial charge in [0.05, 0.1) is 0 Å². The van der Waals surface area contributed by atoms with Crippen LogP contribution in [-0.4, -0.2) is 38.4 Å². The molecule has 0 fully saturated rings. The van der Waals surface area contributed by atoms with Crippen LogP contribution in [-0.2, 0) is 19.1 Å². The van der Waals surface area contributed by atoms with Crippen molar-refractivity contribution >= 4 is 45.1 Å². The molecule has 6 nitrogen and oxygen atoms in total. The molecular weight excluding hydrogens is 516 g/mol. The van der Waals surface area contributed by atoms with Gasteiger partial charge in [-0.1, -0.05) is 88.2 Å². The molecule has 0 aromatic heterocycles. The first-order chi connectivity index (χ1) is 19.0. The fourth-order valence-corrected chi connectivity index (χ4v) is 4.69. The number of hydrogen-bond donors (Lipinski definition) is 0. The van der Waals surface area contributed by atoms with Crippen molar-refractivity contribution in [2.24, 2.45) is 0 Å². The maximum Gasteiger partial charge on any atom is 0.305 e. The van der Waals surface area contributed by atoms with Crippen LogP contribution in [0.5, 0.6) is 11.5 Å². The van der Waals surface area contributed by atoms with E-state index in [0.29, 0.717) is 29.4 Å². The highest BCUT2D eigenvalue weighted by atomic mass is 35.5. The molecule has 39 heavy (non-hydrogen) atoms. The summed E-state index contributed by atoms with van der Waals surface area (Å²) in [4.78, 5) is 24.1. The zero-order valence-electron chi connectivity index (χ0n) is 23.3. The van der Waals surface area contributed by atoms with Crippen LogP contribution < -0.4 is 9.47 Å². The molecule has 3 aromatic carbocycles. The van der Waals surface area contributed by atoms with Gasteiger partial charge in [-0.05, 0) is 31.0 Å². The van der Waals surface area contributed by atoms with Gasteiger partial charge in [0.2, 0.25) is 0 Å². The summed E-state index contributed by atoms with van der Waals surface area (Å²) in [5.41, 5.74) is 0. The van der Waals surface area contributed by atoms with Crippen LogP contribution in [0.15, 0.2) is 42.5 Å². The van der Waals surface area contributed by atoms with Gasteiger partial charge in [0, 0.05) is 39.4 Å². The quantitative estimate of drug-likeness (QED) is 0.0889. The van der Waals surface area contributed by atoms with Crippen molar-refractivity contribution in [3.63, 3.8) is 0 Å². The fraction of sp³-hybridized carbons (Fsp3) is 0.500. The zero-order chi connectivity index (χ0) is 27.9. The molecule has 0 aliphatic carbocycles. The summed E-state index contributed by atoms with van der Waals surface area (Å²) < 4.78 is 23.1. The molecule has 0 aliphatic rings. The van der Waals surface area contributed by atoms with Gasteiger partial charge in [-0.2, -0.15) is 0 Å². The average Bonchev–Trinajstić information content (AvgIpc) is 2.94. The third-order valence-electron chi connectivity index (χ3n) is 6.54. The minimum Gasteiger partial charge on any atom is -0.489 e. The van der Waals surface area contributed by atoms with Gasteiger partial charge in [0.1, 0.15) is 37.9 Å². The Kier molecular flexibility index (Phi) is 13.2. The fourth-order valence-electron chi connectivity index (χ4n) is 4.52. The molecule has 0 atom stereocenters. The molecular formula is C32H41ClO6. The van der Waals surface area contributed by atoms with Crippen molar-refractivity contribution in [2.45, 2.75) is 78.1 Å². The lowest BCUT2D eigenvalue weighted by Crippen LogP contribution is -2.13. The van der Waals surface area contributed by atoms with Crippen molar-refractivity contribution in [1.29, 1.82) is 0 Å². The van der Waals surface area contributed by atoms with Crippen LogP contribution in [0.4, 0.5) is 0 Å². The third kappa shape index (κ3) is 9.61. The minimum atomic E-state index is -0.196. The summed E-state index contributed by atoms with van der Waals surface area (Å²) >= 11 is 6.37. The Hall–Kier alpha value is -2.99. The van der Waals surface area contributed by atoms with Crippen LogP contribution in [0.3, 0.4) is 0 Å². The van der Waals surface area contributed by atoms with Crippen LogP contribution in [0, 0.1) is 0 Å². The molecule has 0 N–H and O–H groups in total. The first kappa shape index (κ1) is 30.6. The third-order valence-corrected chi connectivity index (χ3v) is 6.78. The van der Waals surface area contributed by atoms with Gasteiger partial charge in [-0.15, -0.1) is 0 Å². The number of carbonyl (C=O) groups is 2. The molecule has 3 rings (SSSR count). The van der Waals surface area contributed by atoms with E-state index in [-0.39, 0.29) is 38.4 Å². The van der Waals surface area contributed by atoms with Gasteiger partial charge >= 0.3 is 11.9 Å². The normalized spacial score (nSPS) is 11.1. The highest BCUT2D eigenvalue weighted by Crippen LogP contribution is 2.43. The highest BCUT2D eigenvalue weighted by Gasteiger charge is 2.17. The van der Waals surface area contributed by atoms with Crippen molar-refractivity contribution in [2.75, 3.05) is 26.4 Å². The smallest absolute Gasteiger partial charge is 0.305 e. The highest BCUT2D eigenvalue weighted by molar-refractivity contribution is 6.31. The number of rotatable bonds is 18. The van der Waals surface area contributed by atoms with Crippen LogP contribution >= 0.6 is 11.6 Å².